The molecule has 1 aromatic rings. The summed E-state index contributed by atoms with van der Waals surface area (Å²) in [5.41, 5.74) is -0.0482. The SMILES string of the molecule is COCC(O)CNc1cnn(CC(=O)OC)c(=O)c1Br. The van der Waals surface area contributed by atoms with Gasteiger partial charge in [-0.3, -0.25) is 9.59 Å². The zero-order valence-corrected chi connectivity index (χ0v) is 12.7. The van der Waals surface area contributed by atoms with Crippen LogP contribution in [-0.2, 0) is 20.8 Å². The van der Waals surface area contributed by atoms with Crippen LogP contribution in [0, 0.1) is 0 Å². The third-order valence-electron chi connectivity index (χ3n) is 2.38. The molecule has 0 aromatic carbocycles. The Morgan fingerprint density at radius 2 is 2.30 bits per heavy atom. The minimum Gasteiger partial charge on any atom is -0.468 e. The maximum Gasteiger partial charge on any atom is 0.327 e. The van der Waals surface area contributed by atoms with Crippen molar-refractivity contribution in [3.8, 4) is 0 Å². The lowest BCUT2D eigenvalue weighted by Gasteiger charge is -2.13. The van der Waals surface area contributed by atoms with E-state index in [0.717, 1.165) is 4.68 Å². The smallest absolute Gasteiger partial charge is 0.327 e. The van der Waals surface area contributed by atoms with Gasteiger partial charge in [0.15, 0.2) is 0 Å². The first-order valence-corrected chi connectivity index (χ1v) is 6.52. The number of methoxy groups -OCH3 is 2. The van der Waals surface area contributed by atoms with Crippen molar-refractivity contribution in [1.82, 2.24) is 9.78 Å². The van der Waals surface area contributed by atoms with Crippen molar-refractivity contribution in [2.45, 2.75) is 12.6 Å². The minimum absolute atomic E-state index is 0.178. The summed E-state index contributed by atoms with van der Waals surface area (Å²) in [7, 11) is 2.71. The number of aromatic nitrogens is 2. The minimum atomic E-state index is -0.704. The van der Waals surface area contributed by atoms with Crippen LogP contribution >= 0.6 is 15.9 Å². The molecule has 20 heavy (non-hydrogen) atoms. The van der Waals surface area contributed by atoms with Gasteiger partial charge in [-0.1, -0.05) is 0 Å². The fourth-order valence-corrected chi connectivity index (χ4v) is 1.81. The number of nitrogens with zero attached hydrogens (tertiary/aromatic N) is 2. The van der Waals surface area contributed by atoms with E-state index in [4.69, 9.17) is 4.74 Å². The average molecular weight is 350 g/mol. The highest BCUT2D eigenvalue weighted by molar-refractivity contribution is 9.10. The van der Waals surface area contributed by atoms with Gasteiger partial charge in [0.1, 0.15) is 11.0 Å². The Morgan fingerprint density at radius 1 is 1.60 bits per heavy atom. The van der Waals surface area contributed by atoms with Crippen molar-refractivity contribution in [2.75, 3.05) is 32.7 Å². The number of rotatable bonds is 7. The number of nitrogens with one attached hydrogen (secondary N) is 1. The van der Waals surface area contributed by atoms with Crippen molar-refractivity contribution in [2.24, 2.45) is 0 Å². The summed E-state index contributed by atoms with van der Waals surface area (Å²) in [6.45, 7) is 0.118. The normalized spacial score (nSPS) is 12.0. The van der Waals surface area contributed by atoms with Gasteiger partial charge in [-0.05, 0) is 15.9 Å². The van der Waals surface area contributed by atoms with E-state index in [1.54, 1.807) is 0 Å². The molecule has 1 aromatic heterocycles. The van der Waals surface area contributed by atoms with E-state index in [0.29, 0.717) is 5.69 Å². The topological polar surface area (TPSA) is 103 Å². The quantitative estimate of drug-likeness (QED) is 0.645. The number of carbonyl (C=O) groups is 1. The number of carbonyl (C=O) groups excluding carboxylic acids is 1. The van der Waals surface area contributed by atoms with Crippen LogP contribution in [-0.4, -0.2) is 54.3 Å². The number of hydrogen-bond donors (Lipinski definition) is 2. The lowest BCUT2D eigenvalue weighted by molar-refractivity contribution is -0.141. The van der Waals surface area contributed by atoms with E-state index in [-0.39, 0.29) is 24.2 Å². The van der Waals surface area contributed by atoms with Crippen LogP contribution in [0.4, 0.5) is 5.69 Å². The molecule has 0 aliphatic heterocycles. The van der Waals surface area contributed by atoms with Crippen molar-refractivity contribution < 1.29 is 19.4 Å². The number of halogens is 1. The van der Waals surface area contributed by atoms with Crippen molar-refractivity contribution in [3.63, 3.8) is 0 Å². The zero-order chi connectivity index (χ0) is 15.1. The summed E-state index contributed by atoms with van der Waals surface area (Å²) in [6.07, 6.45) is 0.679. The van der Waals surface area contributed by atoms with Crippen molar-refractivity contribution in [1.29, 1.82) is 0 Å². The monoisotopic (exact) mass is 349 g/mol. The van der Waals surface area contributed by atoms with Gasteiger partial charge in [0.05, 0.1) is 31.7 Å². The van der Waals surface area contributed by atoms with Crippen molar-refractivity contribution >= 4 is 27.6 Å². The summed E-state index contributed by atoms with van der Waals surface area (Å²) in [4.78, 5) is 23.0. The predicted octanol–water partition coefficient (Wildman–Crippen LogP) is -0.402. The molecule has 0 saturated heterocycles. The molecule has 9 heteroatoms. The van der Waals surface area contributed by atoms with Crippen LogP contribution in [0.15, 0.2) is 15.5 Å². The van der Waals surface area contributed by atoms with E-state index in [2.05, 4.69) is 31.1 Å². The Balaban J connectivity index is 2.78. The third kappa shape index (κ3) is 4.58. The van der Waals surface area contributed by atoms with Crippen LogP contribution < -0.4 is 10.9 Å². The molecule has 112 valence electrons. The number of esters is 1. The number of ether oxygens (including phenoxy) is 2. The highest BCUT2D eigenvalue weighted by Crippen LogP contribution is 2.15. The van der Waals surface area contributed by atoms with Crippen LogP contribution in [0.1, 0.15) is 0 Å². The second-order valence-corrected chi connectivity index (χ2v) is 4.69. The fraction of sp³-hybridized carbons (Fsp3) is 0.545. The molecule has 0 amide bonds. The molecule has 8 nitrogen and oxygen atoms in total. The Morgan fingerprint density at radius 3 is 2.90 bits per heavy atom. The molecule has 0 saturated carbocycles. The molecule has 0 bridgehead atoms. The number of anilines is 1. The standard InChI is InChI=1S/C11H16BrN3O5/c1-19-6-7(16)3-13-8-4-14-15(5-9(17)20-2)11(18)10(8)12/h4,7,13,16H,3,5-6H2,1-2H3. The van der Waals surface area contributed by atoms with Crippen LogP contribution in [0.5, 0.6) is 0 Å². The van der Waals surface area contributed by atoms with Crippen molar-refractivity contribution in [3.05, 3.63) is 21.0 Å². The van der Waals surface area contributed by atoms with Crippen LogP contribution in [0.25, 0.3) is 0 Å². The molecule has 0 radical (unpaired) electrons. The van der Waals surface area contributed by atoms with Gasteiger partial charge in [0.25, 0.3) is 5.56 Å². The van der Waals surface area contributed by atoms with E-state index >= 15 is 0 Å². The first-order chi connectivity index (χ1) is 9.49. The van der Waals surface area contributed by atoms with Gasteiger partial charge in [0.2, 0.25) is 0 Å². The molecule has 2 N–H and O–H groups in total. The van der Waals surface area contributed by atoms with Gasteiger partial charge < -0.3 is 19.9 Å². The van der Waals surface area contributed by atoms with Gasteiger partial charge in [-0.2, -0.15) is 5.10 Å². The van der Waals surface area contributed by atoms with E-state index in [1.165, 1.54) is 20.4 Å². The van der Waals surface area contributed by atoms with Crippen LogP contribution in [0.2, 0.25) is 0 Å². The summed E-state index contributed by atoms with van der Waals surface area (Å²) < 4.78 is 10.5. The lowest BCUT2D eigenvalue weighted by Crippen LogP contribution is -2.30. The molecule has 1 unspecified atom stereocenters. The first-order valence-electron chi connectivity index (χ1n) is 5.73. The maximum atomic E-state index is 11.9. The molecule has 1 atom stereocenters. The molecule has 1 heterocycles. The maximum absolute atomic E-state index is 11.9. The second-order valence-electron chi connectivity index (χ2n) is 3.90. The zero-order valence-electron chi connectivity index (χ0n) is 11.1. The van der Waals surface area contributed by atoms with E-state index < -0.39 is 17.6 Å². The van der Waals surface area contributed by atoms with Gasteiger partial charge in [0, 0.05) is 13.7 Å². The average Bonchev–Trinajstić information content (AvgIpc) is 2.43. The van der Waals surface area contributed by atoms with Gasteiger partial charge >= 0.3 is 5.97 Å². The van der Waals surface area contributed by atoms with Gasteiger partial charge in [-0.15, -0.1) is 0 Å². The molecular weight excluding hydrogens is 334 g/mol. The lowest BCUT2D eigenvalue weighted by atomic mass is 10.3. The predicted molar refractivity (Wildman–Crippen MR) is 74.6 cm³/mol. The Labute approximate surface area is 123 Å². The summed E-state index contributed by atoms with van der Waals surface area (Å²) in [5, 5.41) is 16.2. The molecule has 0 spiro atoms. The largest absolute Gasteiger partial charge is 0.468 e. The third-order valence-corrected chi connectivity index (χ3v) is 3.14. The number of aliphatic hydroxyl groups is 1. The summed E-state index contributed by atoms with van der Waals surface area (Å²) in [6, 6.07) is 0. The molecule has 0 fully saturated rings. The molecule has 1 rings (SSSR count). The molecular formula is C11H16BrN3O5. The van der Waals surface area contributed by atoms with Crippen LogP contribution in [0.3, 0.4) is 0 Å². The molecule has 0 aliphatic rings. The second kappa shape index (κ2) is 7.98. The van der Waals surface area contributed by atoms with Gasteiger partial charge in [-0.25, -0.2) is 4.68 Å². The first kappa shape index (κ1) is 16.6. The number of aliphatic hydroxyl groups excluding tert-OH is 1. The summed E-state index contributed by atoms with van der Waals surface area (Å²) in [5.74, 6) is -0.567. The highest BCUT2D eigenvalue weighted by Gasteiger charge is 2.12. The Hall–Kier alpha value is -1.45. The Kier molecular flexibility index (Phi) is 6.62. The molecule has 0 aliphatic carbocycles. The Bertz CT molecular complexity index is 519. The highest BCUT2D eigenvalue weighted by atomic mass is 79.9. The number of hydrogen-bond acceptors (Lipinski definition) is 7. The van der Waals surface area contributed by atoms with E-state index in [9.17, 15) is 14.7 Å². The fourth-order valence-electron chi connectivity index (χ4n) is 1.37. The summed E-state index contributed by atoms with van der Waals surface area (Å²) >= 11 is 3.13. The van der Waals surface area contributed by atoms with E-state index in [1.807, 2.05) is 0 Å².